The van der Waals surface area contributed by atoms with Gasteiger partial charge in [0, 0.05) is 44.0 Å². The molecule has 0 spiro atoms. The zero-order valence-corrected chi connectivity index (χ0v) is 46.9. The van der Waals surface area contributed by atoms with Gasteiger partial charge in [-0.3, -0.25) is 0 Å². The van der Waals surface area contributed by atoms with Gasteiger partial charge in [-0.2, -0.15) is 0 Å². The van der Waals surface area contributed by atoms with E-state index in [-0.39, 0.29) is 13.4 Å². The van der Waals surface area contributed by atoms with Gasteiger partial charge in [-0.25, -0.2) is 0 Å². The van der Waals surface area contributed by atoms with Gasteiger partial charge in [-0.1, -0.05) is 181 Å². The maximum Gasteiger partial charge on any atom is 0.247 e. The van der Waals surface area contributed by atoms with E-state index in [9.17, 15) is 0 Å². The third kappa shape index (κ3) is 7.26. The molecular formula is C68H78B2N2. The molecule has 2 aliphatic rings. The van der Waals surface area contributed by atoms with E-state index < -0.39 is 0 Å². The maximum absolute atomic E-state index is 2.73. The number of fused-ring (bicyclic) bond motifs is 10. The highest BCUT2D eigenvalue weighted by Crippen LogP contribution is 2.41. The summed E-state index contributed by atoms with van der Waals surface area (Å²) in [6, 6.07) is 40.7. The van der Waals surface area contributed by atoms with Crippen molar-refractivity contribution in [1.82, 2.24) is 9.13 Å². The highest BCUT2D eigenvalue weighted by molar-refractivity contribution is 7.00. The molecule has 0 fully saturated rings. The summed E-state index contributed by atoms with van der Waals surface area (Å²) in [6.07, 6.45) is 0. The molecule has 2 nitrogen and oxygen atoms in total. The van der Waals surface area contributed by atoms with Gasteiger partial charge in [-0.05, 0) is 176 Å². The molecule has 0 amide bonds. The lowest BCUT2D eigenvalue weighted by Gasteiger charge is -2.36. The van der Waals surface area contributed by atoms with E-state index in [0.29, 0.717) is 47.3 Å². The molecule has 9 aromatic rings. The van der Waals surface area contributed by atoms with Gasteiger partial charge in [-0.15, -0.1) is 0 Å². The van der Waals surface area contributed by atoms with Crippen LogP contribution in [0.1, 0.15) is 214 Å². The Labute approximate surface area is 432 Å². The fourth-order valence-electron chi connectivity index (χ4n) is 13.4. The van der Waals surface area contributed by atoms with Crippen molar-refractivity contribution in [3.05, 3.63) is 153 Å². The summed E-state index contributed by atoms with van der Waals surface area (Å²) in [5.74, 6) is 3.05. The zero-order valence-electron chi connectivity index (χ0n) is 46.9. The summed E-state index contributed by atoms with van der Waals surface area (Å²) in [6.45, 7) is 43.0. The first kappa shape index (κ1) is 48.5. The molecule has 0 N–H and O–H groups in total. The second-order valence-corrected chi connectivity index (χ2v) is 25.0. The van der Waals surface area contributed by atoms with Crippen LogP contribution in [0, 0.1) is 13.8 Å². The molecule has 366 valence electrons. The van der Waals surface area contributed by atoms with E-state index in [1.807, 2.05) is 0 Å². The summed E-state index contributed by atoms with van der Waals surface area (Å²) >= 11 is 0. The molecule has 0 unspecified atom stereocenters. The average Bonchev–Trinajstić information content (AvgIpc) is 3.83. The zero-order chi connectivity index (χ0) is 51.3. The van der Waals surface area contributed by atoms with Crippen molar-refractivity contribution in [2.24, 2.45) is 0 Å². The molecule has 11 rings (SSSR count). The second kappa shape index (κ2) is 17.5. The molecule has 7 aromatic carbocycles. The molecule has 0 radical (unpaired) electrons. The van der Waals surface area contributed by atoms with Gasteiger partial charge in [0.05, 0.1) is 11.0 Å². The summed E-state index contributed by atoms with van der Waals surface area (Å²) in [5.41, 5.74) is 31.0. The minimum atomic E-state index is 0.0194. The average molecular weight is 945 g/mol. The molecule has 4 heterocycles. The van der Waals surface area contributed by atoms with Crippen LogP contribution in [-0.2, 0) is 0 Å². The fourth-order valence-corrected chi connectivity index (χ4v) is 13.4. The molecule has 0 saturated heterocycles. The van der Waals surface area contributed by atoms with Crippen LogP contribution >= 0.6 is 0 Å². The standard InChI is InChI=1S/C68H78B2N2/c1-35(2)45-20-22-62-54(26-45)55-24-44(18)25-59-67(55)72(62)63-34-58-64(33-57(63)69(59)65-49(39(9)10)27-46(36(3)4)28-50(65)40(11)12)71-61-21-19-43(17)23-53(61)56-31-48(38(7)8)32-60(68(56)71)70(58)66-51(41(13)14)29-47(37(5)6)30-52(66)42(15)16/h19-42H,1-18H3. The number of hydrogen-bond acceptors (Lipinski definition) is 0. The van der Waals surface area contributed by atoms with Crippen molar-refractivity contribution in [2.75, 3.05) is 0 Å². The number of hydrogen-bond donors (Lipinski definition) is 0. The Bertz CT molecular complexity index is 3640. The van der Waals surface area contributed by atoms with E-state index in [4.69, 9.17) is 0 Å². The molecule has 0 atom stereocenters. The molecule has 0 aliphatic carbocycles. The van der Waals surface area contributed by atoms with Gasteiger partial charge in [0.2, 0.25) is 13.4 Å². The Morgan fingerprint density at radius 1 is 0.306 bits per heavy atom. The Hall–Kier alpha value is -5.73. The SMILES string of the molecule is Cc1ccc2c(c1)c1cc(C(C)C)cc3c1n2-c1cc2c(cc1B3c1c(C(C)C)cc(C(C)C)cc1C(C)C)-n1c3ccc(C(C)C)cc3c3cc(C)cc(c31)B2c1c(C(C)C)cc(C(C)C)cc1C(C)C. The molecule has 2 aromatic heterocycles. The largest absolute Gasteiger partial charge is 0.310 e. The van der Waals surface area contributed by atoms with Crippen molar-refractivity contribution in [1.29, 1.82) is 0 Å². The van der Waals surface area contributed by atoms with E-state index in [2.05, 4.69) is 231 Å². The number of aromatic nitrogens is 2. The highest BCUT2D eigenvalue weighted by atomic mass is 15.0. The highest BCUT2D eigenvalue weighted by Gasteiger charge is 2.43. The lowest BCUT2D eigenvalue weighted by Crippen LogP contribution is -2.62. The number of aryl methyl sites for hydroxylation is 2. The van der Waals surface area contributed by atoms with Crippen molar-refractivity contribution < 1.29 is 0 Å². The molecular weight excluding hydrogens is 866 g/mol. The summed E-state index contributed by atoms with van der Waals surface area (Å²) in [7, 11) is 0. The Kier molecular flexibility index (Phi) is 11.8. The predicted octanol–water partition coefficient (Wildman–Crippen LogP) is 15.1. The maximum atomic E-state index is 2.73. The van der Waals surface area contributed by atoms with Gasteiger partial charge in [0.1, 0.15) is 0 Å². The minimum absolute atomic E-state index is 0.0194. The van der Waals surface area contributed by atoms with Crippen LogP contribution in [0.4, 0.5) is 0 Å². The van der Waals surface area contributed by atoms with Crippen LogP contribution in [0.2, 0.25) is 0 Å². The minimum Gasteiger partial charge on any atom is -0.310 e. The monoisotopic (exact) mass is 945 g/mol. The summed E-state index contributed by atoms with van der Waals surface area (Å²) in [4.78, 5) is 0. The molecule has 4 heteroatoms. The summed E-state index contributed by atoms with van der Waals surface area (Å²) < 4.78 is 5.44. The van der Waals surface area contributed by atoms with Crippen LogP contribution < -0.4 is 32.8 Å². The Balaban J connectivity index is 1.39. The molecule has 0 bridgehead atoms. The predicted molar refractivity (Wildman–Crippen MR) is 320 cm³/mol. The fraction of sp³-hybridized carbons (Fsp3) is 0.382. The van der Waals surface area contributed by atoms with Crippen molar-refractivity contribution >= 4 is 89.8 Å². The molecule has 72 heavy (non-hydrogen) atoms. The van der Waals surface area contributed by atoms with Gasteiger partial charge in [0.15, 0.2) is 0 Å². The van der Waals surface area contributed by atoms with E-state index >= 15 is 0 Å². The number of benzene rings is 7. The smallest absolute Gasteiger partial charge is 0.247 e. The molecule has 2 aliphatic heterocycles. The topological polar surface area (TPSA) is 9.86 Å². The van der Waals surface area contributed by atoms with Crippen LogP contribution in [-0.4, -0.2) is 22.6 Å². The van der Waals surface area contributed by atoms with Crippen LogP contribution in [0.5, 0.6) is 0 Å². The van der Waals surface area contributed by atoms with Crippen molar-refractivity contribution in [2.45, 2.75) is 172 Å². The van der Waals surface area contributed by atoms with Gasteiger partial charge >= 0.3 is 0 Å². The normalized spacial score (nSPS) is 13.5. The lowest BCUT2D eigenvalue weighted by atomic mass is 9.31. The first-order valence-corrected chi connectivity index (χ1v) is 27.9. The van der Waals surface area contributed by atoms with Gasteiger partial charge < -0.3 is 9.13 Å². The number of rotatable bonds is 10. The van der Waals surface area contributed by atoms with Crippen molar-refractivity contribution in [3.8, 4) is 11.4 Å². The number of nitrogens with zero attached hydrogens (tertiary/aromatic N) is 2. The van der Waals surface area contributed by atoms with Crippen LogP contribution in [0.25, 0.3) is 55.0 Å². The van der Waals surface area contributed by atoms with E-state index in [1.54, 1.807) is 0 Å². The Morgan fingerprint density at radius 3 is 1.10 bits per heavy atom. The first-order valence-electron chi connectivity index (χ1n) is 27.9. The van der Waals surface area contributed by atoms with E-state index in [0.717, 1.165) is 0 Å². The van der Waals surface area contributed by atoms with Gasteiger partial charge in [0.25, 0.3) is 0 Å². The van der Waals surface area contributed by atoms with E-state index in [1.165, 1.54) is 143 Å². The van der Waals surface area contributed by atoms with Crippen molar-refractivity contribution in [3.63, 3.8) is 0 Å². The first-order chi connectivity index (χ1) is 34.2. The van der Waals surface area contributed by atoms with Crippen LogP contribution in [0.3, 0.4) is 0 Å². The lowest BCUT2D eigenvalue weighted by molar-refractivity contribution is 0.812. The Morgan fingerprint density at radius 2 is 0.667 bits per heavy atom. The quantitative estimate of drug-likeness (QED) is 0.121. The molecule has 0 saturated carbocycles. The second-order valence-electron chi connectivity index (χ2n) is 25.0. The summed E-state index contributed by atoms with van der Waals surface area (Å²) in [5, 5.41) is 5.47. The third-order valence-electron chi connectivity index (χ3n) is 17.3. The third-order valence-corrected chi connectivity index (χ3v) is 17.3. The van der Waals surface area contributed by atoms with Crippen LogP contribution in [0.15, 0.2) is 97.1 Å².